The highest BCUT2D eigenvalue weighted by atomic mass is 35.5. The fourth-order valence-electron chi connectivity index (χ4n) is 3.41. The van der Waals surface area contributed by atoms with E-state index >= 15 is 0 Å². The van der Waals surface area contributed by atoms with Gasteiger partial charge in [0.05, 0.1) is 6.04 Å². The van der Waals surface area contributed by atoms with Crippen LogP contribution in [-0.4, -0.2) is 17.4 Å². The average Bonchev–Trinajstić information content (AvgIpc) is 3.11. The summed E-state index contributed by atoms with van der Waals surface area (Å²) in [5.41, 5.74) is 1.00. The van der Waals surface area contributed by atoms with Gasteiger partial charge in [-0.25, -0.2) is 4.79 Å². The molecule has 3 aromatic rings. The van der Waals surface area contributed by atoms with Crippen molar-refractivity contribution in [3.05, 3.63) is 81.2 Å². The average molecular weight is 354 g/mol. The molecule has 4 nitrogen and oxygen atoms in total. The molecule has 0 saturated carbocycles. The summed E-state index contributed by atoms with van der Waals surface area (Å²) >= 11 is 5.96. The number of fused-ring (bicyclic) bond motifs is 1. The summed E-state index contributed by atoms with van der Waals surface area (Å²) in [5.74, 6) is -0.281. The first-order valence-corrected chi connectivity index (χ1v) is 8.60. The van der Waals surface area contributed by atoms with Gasteiger partial charge in [-0.05, 0) is 42.7 Å². The summed E-state index contributed by atoms with van der Waals surface area (Å²) < 4.78 is 5.31. The van der Waals surface area contributed by atoms with Gasteiger partial charge in [-0.3, -0.25) is 4.79 Å². The molecule has 0 aliphatic carbocycles. The predicted octanol–water partition coefficient (Wildman–Crippen LogP) is 4.42. The first-order valence-electron chi connectivity index (χ1n) is 8.23. The smallest absolute Gasteiger partial charge is 0.349 e. The number of carbonyl (C=O) groups excluding carboxylic acids is 1. The number of amides is 1. The second kappa shape index (κ2) is 6.37. The predicted molar refractivity (Wildman–Crippen MR) is 96.9 cm³/mol. The van der Waals surface area contributed by atoms with Crippen LogP contribution in [0.4, 0.5) is 0 Å². The van der Waals surface area contributed by atoms with Crippen LogP contribution < -0.4 is 5.63 Å². The lowest BCUT2D eigenvalue weighted by molar-refractivity contribution is 0.0731. The van der Waals surface area contributed by atoms with Crippen molar-refractivity contribution < 1.29 is 9.21 Å². The van der Waals surface area contributed by atoms with E-state index in [1.54, 1.807) is 23.1 Å². The van der Waals surface area contributed by atoms with Crippen LogP contribution in [-0.2, 0) is 0 Å². The Bertz CT molecular complexity index is 994. The van der Waals surface area contributed by atoms with E-state index in [9.17, 15) is 9.59 Å². The molecule has 2 heterocycles. The van der Waals surface area contributed by atoms with Gasteiger partial charge in [0, 0.05) is 17.0 Å². The standard InChI is InChI=1S/C20H16ClNO3/c21-15-9-7-13(8-10-15)17-5-3-11-22(17)19(23)16-12-14-4-1-2-6-18(14)25-20(16)24/h1-2,4,6-10,12,17H,3,5,11H2. The molecule has 25 heavy (non-hydrogen) atoms. The van der Waals surface area contributed by atoms with E-state index in [0.717, 1.165) is 23.8 Å². The summed E-state index contributed by atoms with van der Waals surface area (Å²) in [5, 5.41) is 1.41. The molecule has 1 amide bonds. The van der Waals surface area contributed by atoms with Crippen LogP contribution in [0.1, 0.15) is 34.8 Å². The molecule has 0 N–H and O–H groups in total. The van der Waals surface area contributed by atoms with Gasteiger partial charge < -0.3 is 9.32 Å². The third kappa shape index (κ3) is 2.94. The molecule has 5 heteroatoms. The highest BCUT2D eigenvalue weighted by Crippen LogP contribution is 2.33. The van der Waals surface area contributed by atoms with Crippen molar-refractivity contribution in [3.63, 3.8) is 0 Å². The fourth-order valence-corrected chi connectivity index (χ4v) is 3.53. The molecule has 1 fully saturated rings. The molecule has 126 valence electrons. The Balaban J connectivity index is 1.71. The number of likely N-dealkylation sites (tertiary alicyclic amines) is 1. The van der Waals surface area contributed by atoms with Crippen molar-refractivity contribution in [1.29, 1.82) is 0 Å². The molecule has 0 bridgehead atoms. The Hall–Kier alpha value is -2.59. The summed E-state index contributed by atoms with van der Waals surface area (Å²) in [7, 11) is 0. The Morgan fingerprint density at radius 2 is 1.88 bits per heavy atom. The largest absolute Gasteiger partial charge is 0.422 e. The zero-order chi connectivity index (χ0) is 17.4. The Kier molecular flexibility index (Phi) is 4.06. The van der Waals surface area contributed by atoms with Gasteiger partial charge in [-0.2, -0.15) is 0 Å². The van der Waals surface area contributed by atoms with Crippen LogP contribution in [0.2, 0.25) is 5.02 Å². The van der Waals surface area contributed by atoms with Crippen LogP contribution in [0, 0.1) is 0 Å². The Morgan fingerprint density at radius 3 is 2.68 bits per heavy atom. The first kappa shape index (κ1) is 15.9. The van der Waals surface area contributed by atoms with Gasteiger partial charge in [0.15, 0.2) is 0 Å². The molecule has 0 radical (unpaired) electrons. The minimum absolute atomic E-state index is 0.0457. The summed E-state index contributed by atoms with van der Waals surface area (Å²) in [4.78, 5) is 27.0. The molecular weight excluding hydrogens is 338 g/mol. The number of halogens is 1. The molecule has 1 aliphatic heterocycles. The number of benzene rings is 2. The number of rotatable bonds is 2. The molecule has 4 rings (SSSR count). The van der Waals surface area contributed by atoms with Crippen LogP contribution >= 0.6 is 11.6 Å². The van der Waals surface area contributed by atoms with Crippen LogP contribution in [0.5, 0.6) is 0 Å². The third-order valence-corrected chi connectivity index (χ3v) is 4.89. The van der Waals surface area contributed by atoms with Crippen LogP contribution in [0.3, 0.4) is 0 Å². The highest BCUT2D eigenvalue weighted by molar-refractivity contribution is 6.30. The molecule has 2 aromatic carbocycles. The lowest BCUT2D eigenvalue weighted by Crippen LogP contribution is -2.33. The van der Waals surface area contributed by atoms with Crippen molar-refractivity contribution in [2.45, 2.75) is 18.9 Å². The van der Waals surface area contributed by atoms with Gasteiger partial charge in [0.1, 0.15) is 11.1 Å². The fraction of sp³-hybridized carbons (Fsp3) is 0.200. The van der Waals surface area contributed by atoms with E-state index in [0.29, 0.717) is 17.2 Å². The molecule has 1 saturated heterocycles. The summed E-state index contributed by atoms with van der Waals surface area (Å²) in [6.45, 7) is 0.623. The van der Waals surface area contributed by atoms with Gasteiger partial charge in [0.25, 0.3) is 5.91 Å². The number of hydrogen-bond donors (Lipinski definition) is 0. The van der Waals surface area contributed by atoms with Gasteiger partial charge in [0.2, 0.25) is 0 Å². The van der Waals surface area contributed by atoms with Crippen LogP contribution in [0.25, 0.3) is 11.0 Å². The van der Waals surface area contributed by atoms with Crippen LogP contribution in [0.15, 0.2) is 63.8 Å². The van der Waals surface area contributed by atoms with Crippen molar-refractivity contribution in [2.24, 2.45) is 0 Å². The second-order valence-corrected chi connectivity index (χ2v) is 6.63. The zero-order valence-electron chi connectivity index (χ0n) is 13.4. The summed E-state index contributed by atoms with van der Waals surface area (Å²) in [6, 6.07) is 16.3. The van der Waals surface area contributed by atoms with E-state index < -0.39 is 5.63 Å². The van der Waals surface area contributed by atoms with Gasteiger partial charge in [-0.15, -0.1) is 0 Å². The van der Waals surface area contributed by atoms with E-state index in [1.807, 2.05) is 36.4 Å². The molecular formula is C20H16ClNO3. The van der Waals surface area contributed by atoms with Crippen molar-refractivity contribution in [3.8, 4) is 0 Å². The maximum absolute atomic E-state index is 13.0. The number of carbonyl (C=O) groups is 1. The number of hydrogen-bond acceptors (Lipinski definition) is 3. The minimum atomic E-state index is -0.592. The molecule has 1 unspecified atom stereocenters. The van der Waals surface area contributed by atoms with Gasteiger partial charge >= 0.3 is 5.63 Å². The SMILES string of the molecule is O=C(c1cc2ccccc2oc1=O)N1CCCC1c1ccc(Cl)cc1. The van der Waals surface area contributed by atoms with E-state index in [1.165, 1.54) is 0 Å². The second-order valence-electron chi connectivity index (χ2n) is 6.19. The van der Waals surface area contributed by atoms with Crippen molar-refractivity contribution >= 4 is 28.5 Å². The van der Waals surface area contributed by atoms with Gasteiger partial charge in [-0.1, -0.05) is 41.9 Å². The summed E-state index contributed by atoms with van der Waals surface area (Å²) in [6.07, 6.45) is 1.77. The minimum Gasteiger partial charge on any atom is -0.422 e. The molecule has 1 aliphatic rings. The first-order chi connectivity index (χ1) is 12.1. The lowest BCUT2D eigenvalue weighted by Gasteiger charge is -2.25. The molecule has 1 atom stereocenters. The van der Waals surface area contributed by atoms with E-state index in [-0.39, 0.29) is 17.5 Å². The number of para-hydroxylation sites is 1. The lowest BCUT2D eigenvalue weighted by atomic mass is 10.0. The normalized spacial score (nSPS) is 17.2. The van der Waals surface area contributed by atoms with E-state index in [4.69, 9.17) is 16.0 Å². The quantitative estimate of drug-likeness (QED) is 0.641. The monoisotopic (exact) mass is 353 g/mol. The molecule has 0 spiro atoms. The van der Waals surface area contributed by atoms with E-state index in [2.05, 4.69) is 0 Å². The number of nitrogens with zero attached hydrogens (tertiary/aromatic N) is 1. The zero-order valence-corrected chi connectivity index (χ0v) is 14.2. The maximum Gasteiger partial charge on any atom is 0.349 e. The van der Waals surface area contributed by atoms with Crippen molar-refractivity contribution in [2.75, 3.05) is 6.54 Å². The topological polar surface area (TPSA) is 50.5 Å². The molecule has 1 aromatic heterocycles. The Morgan fingerprint density at radius 1 is 1.12 bits per heavy atom. The highest BCUT2D eigenvalue weighted by Gasteiger charge is 2.32. The Labute approximate surface area is 149 Å². The third-order valence-electron chi connectivity index (χ3n) is 4.64. The maximum atomic E-state index is 13.0. The van der Waals surface area contributed by atoms with Crippen molar-refractivity contribution in [1.82, 2.24) is 4.90 Å².